The van der Waals surface area contributed by atoms with E-state index in [1.807, 2.05) is 0 Å². The van der Waals surface area contributed by atoms with Crippen molar-refractivity contribution in [1.82, 2.24) is 10.6 Å². The van der Waals surface area contributed by atoms with Crippen molar-refractivity contribution in [3.05, 3.63) is 0 Å². The van der Waals surface area contributed by atoms with Gasteiger partial charge in [0.1, 0.15) is 6.04 Å². The second kappa shape index (κ2) is 6.08. The summed E-state index contributed by atoms with van der Waals surface area (Å²) in [7, 11) is 0. The fourth-order valence-corrected chi connectivity index (χ4v) is 1.99. The van der Waals surface area contributed by atoms with E-state index in [1.54, 1.807) is 0 Å². The van der Waals surface area contributed by atoms with Crippen molar-refractivity contribution in [2.24, 2.45) is 5.92 Å². The molecule has 1 aliphatic rings. The first-order valence-electron chi connectivity index (χ1n) is 5.79. The van der Waals surface area contributed by atoms with E-state index in [4.69, 9.17) is 5.11 Å². The zero-order chi connectivity index (χ0) is 11.3. The molecule has 2 atom stereocenters. The Bertz CT molecular complexity index is 201. The van der Waals surface area contributed by atoms with Gasteiger partial charge in [-0.1, -0.05) is 13.8 Å². The average Bonchev–Trinajstić information content (AvgIpc) is 2.17. The predicted octanol–water partition coefficient (Wildman–Crippen LogP) is 0.827. The van der Waals surface area contributed by atoms with Gasteiger partial charge in [-0.25, -0.2) is 0 Å². The van der Waals surface area contributed by atoms with Crippen molar-refractivity contribution in [3.63, 3.8) is 0 Å². The summed E-state index contributed by atoms with van der Waals surface area (Å²) in [5, 5.41) is 15.6. The second-order valence-electron chi connectivity index (χ2n) is 4.73. The molecule has 0 aliphatic carbocycles. The molecule has 0 bridgehead atoms. The third kappa shape index (κ3) is 4.62. The molecular formula is C11H22N2O2. The van der Waals surface area contributed by atoms with Crippen molar-refractivity contribution < 1.29 is 9.90 Å². The summed E-state index contributed by atoms with van der Waals surface area (Å²) in [4.78, 5) is 11.0. The van der Waals surface area contributed by atoms with Crippen LogP contribution in [0.3, 0.4) is 0 Å². The molecule has 1 saturated heterocycles. The van der Waals surface area contributed by atoms with Gasteiger partial charge in [-0.3, -0.25) is 4.79 Å². The standard InChI is InChI=1S/C11H22N2O2/c1-8(2)6-10(11(14)15)13-9-4-3-5-12-7-9/h8-10,12-13H,3-7H2,1-2H3,(H,14,15). The number of carbonyl (C=O) groups is 1. The summed E-state index contributed by atoms with van der Waals surface area (Å²) in [5.74, 6) is -0.315. The zero-order valence-corrected chi connectivity index (χ0v) is 9.62. The minimum atomic E-state index is -0.728. The molecule has 1 heterocycles. The minimum absolute atomic E-state index is 0.318. The van der Waals surface area contributed by atoms with Gasteiger partial charge < -0.3 is 15.7 Å². The lowest BCUT2D eigenvalue weighted by Gasteiger charge is -2.27. The summed E-state index contributed by atoms with van der Waals surface area (Å²) in [6, 6.07) is -0.0755. The van der Waals surface area contributed by atoms with Crippen LogP contribution >= 0.6 is 0 Å². The number of aliphatic carboxylic acids is 1. The molecule has 2 unspecified atom stereocenters. The number of hydrogen-bond acceptors (Lipinski definition) is 3. The Balaban J connectivity index is 2.38. The largest absolute Gasteiger partial charge is 0.480 e. The first kappa shape index (κ1) is 12.5. The Morgan fingerprint density at radius 2 is 2.33 bits per heavy atom. The topological polar surface area (TPSA) is 61.4 Å². The number of rotatable bonds is 5. The molecule has 0 aromatic heterocycles. The quantitative estimate of drug-likeness (QED) is 0.634. The van der Waals surface area contributed by atoms with Crippen LogP contribution in [-0.4, -0.2) is 36.2 Å². The summed E-state index contributed by atoms with van der Waals surface area (Å²) in [6.45, 7) is 6.05. The number of nitrogens with one attached hydrogen (secondary N) is 2. The lowest BCUT2D eigenvalue weighted by molar-refractivity contribution is -0.140. The first-order valence-corrected chi connectivity index (χ1v) is 5.79. The van der Waals surface area contributed by atoms with Crippen molar-refractivity contribution in [3.8, 4) is 0 Å². The van der Waals surface area contributed by atoms with E-state index in [9.17, 15) is 4.79 Å². The third-order valence-electron chi connectivity index (χ3n) is 2.74. The Morgan fingerprint density at radius 1 is 1.60 bits per heavy atom. The van der Waals surface area contributed by atoms with Crippen LogP contribution in [0.15, 0.2) is 0 Å². The van der Waals surface area contributed by atoms with E-state index in [2.05, 4.69) is 24.5 Å². The van der Waals surface area contributed by atoms with Gasteiger partial charge in [-0.05, 0) is 31.7 Å². The molecule has 4 heteroatoms. The van der Waals surface area contributed by atoms with E-state index in [0.29, 0.717) is 18.4 Å². The van der Waals surface area contributed by atoms with E-state index in [-0.39, 0.29) is 0 Å². The molecule has 1 rings (SSSR count). The monoisotopic (exact) mass is 214 g/mol. The molecule has 1 aliphatic heterocycles. The van der Waals surface area contributed by atoms with E-state index >= 15 is 0 Å². The first-order chi connectivity index (χ1) is 7.09. The van der Waals surface area contributed by atoms with Crippen molar-refractivity contribution in [2.75, 3.05) is 13.1 Å². The summed E-state index contributed by atoms with van der Waals surface area (Å²) >= 11 is 0. The maximum atomic E-state index is 11.0. The molecule has 0 spiro atoms. The maximum Gasteiger partial charge on any atom is 0.320 e. The van der Waals surface area contributed by atoms with Crippen molar-refractivity contribution in [1.29, 1.82) is 0 Å². The van der Waals surface area contributed by atoms with Crippen LogP contribution in [0.5, 0.6) is 0 Å². The predicted molar refractivity (Wildman–Crippen MR) is 59.9 cm³/mol. The van der Waals surface area contributed by atoms with E-state index in [1.165, 1.54) is 0 Å². The van der Waals surface area contributed by atoms with Crippen LogP contribution < -0.4 is 10.6 Å². The Morgan fingerprint density at radius 3 is 2.80 bits per heavy atom. The number of hydrogen-bond donors (Lipinski definition) is 3. The smallest absolute Gasteiger partial charge is 0.320 e. The van der Waals surface area contributed by atoms with Crippen LogP contribution in [0.2, 0.25) is 0 Å². The molecule has 0 aromatic rings. The van der Waals surface area contributed by atoms with E-state index < -0.39 is 12.0 Å². The Kier molecular flexibility index (Phi) is 5.05. The summed E-state index contributed by atoms with van der Waals surface area (Å²) in [6.07, 6.45) is 2.91. The van der Waals surface area contributed by atoms with Gasteiger partial charge in [0.25, 0.3) is 0 Å². The maximum absolute atomic E-state index is 11.0. The van der Waals surface area contributed by atoms with Gasteiger partial charge in [0, 0.05) is 12.6 Å². The summed E-state index contributed by atoms with van der Waals surface area (Å²) < 4.78 is 0. The molecule has 1 fully saturated rings. The highest BCUT2D eigenvalue weighted by molar-refractivity contribution is 5.73. The molecule has 88 valence electrons. The van der Waals surface area contributed by atoms with Crippen LogP contribution in [0.4, 0.5) is 0 Å². The fraction of sp³-hybridized carbons (Fsp3) is 0.909. The number of carboxylic acids is 1. The fourth-order valence-electron chi connectivity index (χ4n) is 1.99. The molecule has 3 N–H and O–H groups in total. The van der Waals surface area contributed by atoms with Crippen molar-refractivity contribution >= 4 is 5.97 Å². The molecule has 0 radical (unpaired) electrons. The van der Waals surface area contributed by atoms with Crippen LogP contribution in [0, 0.1) is 5.92 Å². The molecule has 0 saturated carbocycles. The lowest BCUT2D eigenvalue weighted by Crippen LogP contribution is -2.50. The third-order valence-corrected chi connectivity index (χ3v) is 2.74. The van der Waals surface area contributed by atoms with Crippen LogP contribution in [0.25, 0.3) is 0 Å². The van der Waals surface area contributed by atoms with Crippen LogP contribution in [0.1, 0.15) is 33.1 Å². The molecule has 15 heavy (non-hydrogen) atoms. The van der Waals surface area contributed by atoms with Gasteiger partial charge in [0.05, 0.1) is 0 Å². The van der Waals surface area contributed by atoms with Gasteiger partial charge in [-0.2, -0.15) is 0 Å². The summed E-state index contributed by atoms with van der Waals surface area (Å²) in [5.41, 5.74) is 0. The second-order valence-corrected chi connectivity index (χ2v) is 4.73. The Labute approximate surface area is 91.4 Å². The normalized spacial score (nSPS) is 24.1. The molecule has 0 amide bonds. The lowest BCUT2D eigenvalue weighted by atomic mass is 10.0. The number of piperidine rings is 1. The highest BCUT2D eigenvalue weighted by atomic mass is 16.4. The number of carboxylic acid groups (broad SMARTS) is 1. The van der Waals surface area contributed by atoms with Crippen molar-refractivity contribution in [2.45, 2.75) is 45.2 Å². The van der Waals surface area contributed by atoms with Gasteiger partial charge >= 0.3 is 5.97 Å². The highest BCUT2D eigenvalue weighted by Crippen LogP contribution is 2.08. The molecule has 0 aromatic carbocycles. The minimum Gasteiger partial charge on any atom is -0.480 e. The molecular weight excluding hydrogens is 192 g/mol. The highest BCUT2D eigenvalue weighted by Gasteiger charge is 2.23. The van der Waals surface area contributed by atoms with Gasteiger partial charge in [0.2, 0.25) is 0 Å². The van der Waals surface area contributed by atoms with E-state index in [0.717, 1.165) is 25.9 Å². The van der Waals surface area contributed by atoms with Gasteiger partial charge in [0.15, 0.2) is 0 Å². The van der Waals surface area contributed by atoms with Gasteiger partial charge in [-0.15, -0.1) is 0 Å². The zero-order valence-electron chi connectivity index (χ0n) is 9.62. The SMILES string of the molecule is CC(C)CC(NC1CCCNC1)C(=O)O. The Hall–Kier alpha value is -0.610. The molecule has 4 nitrogen and oxygen atoms in total. The average molecular weight is 214 g/mol. The van der Waals surface area contributed by atoms with Crippen LogP contribution in [-0.2, 0) is 4.79 Å².